The van der Waals surface area contributed by atoms with E-state index in [9.17, 15) is 0 Å². The maximum atomic E-state index is 5.99. The van der Waals surface area contributed by atoms with Gasteiger partial charge in [-0.3, -0.25) is 9.88 Å². The minimum atomic E-state index is -0.0962. The van der Waals surface area contributed by atoms with E-state index in [1.54, 1.807) is 7.11 Å². The average molecular weight is 251 g/mol. The molecular weight excluding hydrogens is 226 g/mol. The highest BCUT2D eigenvalue weighted by Gasteiger charge is 2.33. The standard InChI is InChI=1S/C14H25N3O/c1-4-14(11-15,12-18-3)17(5-2)10-13-8-6-7-9-16-13/h6-9H,4-5,10-12,15H2,1-3H3. The quantitative estimate of drug-likeness (QED) is 0.763. The van der Waals surface area contributed by atoms with Crippen molar-refractivity contribution in [3.05, 3.63) is 30.1 Å². The number of ether oxygens (including phenoxy) is 1. The summed E-state index contributed by atoms with van der Waals surface area (Å²) in [5, 5.41) is 0. The number of pyridine rings is 1. The molecule has 0 saturated heterocycles. The molecule has 18 heavy (non-hydrogen) atoms. The van der Waals surface area contributed by atoms with Crippen LogP contribution in [0.15, 0.2) is 24.4 Å². The third-order valence-corrected chi connectivity index (χ3v) is 3.58. The topological polar surface area (TPSA) is 51.4 Å². The van der Waals surface area contributed by atoms with E-state index >= 15 is 0 Å². The van der Waals surface area contributed by atoms with Crippen LogP contribution in [0.2, 0.25) is 0 Å². The first-order valence-electron chi connectivity index (χ1n) is 6.56. The molecule has 0 saturated carbocycles. The van der Waals surface area contributed by atoms with Crippen LogP contribution in [0.1, 0.15) is 26.0 Å². The first-order valence-corrected chi connectivity index (χ1v) is 6.56. The van der Waals surface area contributed by atoms with Gasteiger partial charge in [-0.25, -0.2) is 0 Å². The lowest BCUT2D eigenvalue weighted by Gasteiger charge is -2.41. The molecule has 2 N–H and O–H groups in total. The zero-order chi connectivity index (χ0) is 13.4. The molecule has 0 fully saturated rings. The molecule has 0 aliphatic carbocycles. The van der Waals surface area contributed by atoms with Gasteiger partial charge in [-0.15, -0.1) is 0 Å². The van der Waals surface area contributed by atoms with E-state index in [2.05, 4.69) is 23.7 Å². The molecule has 1 atom stereocenters. The van der Waals surface area contributed by atoms with Gasteiger partial charge in [0.2, 0.25) is 0 Å². The number of hydrogen-bond donors (Lipinski definition) is 1. The Morgan fingerprint density at radius 3 is 2.61 bits per heavy atom. The lowest BCUT2D eigenvalue weighted by Crippen LogP contribution is -2.56. The highest BCUT2D eigenvalue weighted by atomic mass is 16.5. The predicted octanol–water partition coefficient (Wildman–Crippen LogP) is 1.66. The van der Waals surface area contributed by atoms with Crippen molar-refractivity contribution in [2.45, 2.75) is 32.4 Å². The van der Waals surface area contributed by atoms with Gasteiger partial charge in [0.25, 0.3) is 0 Å². The van der Waals surface area contributed by atoms with Gasteiger partial charge in [-0.1, -0.05) is 19.9 Å². The van der Waals surface area contributed by atoms with Crippen molar-refractivity contribution in [2.75, 3.05) is 26.8 Å². The fourth-order valence-corrected chi connectivity index (χ4v) is 2.32. The molecule has 102 valence electrons. The van der Waals surface area contributed by atoms with Crippen LogP contribution in [0.25, 0.3) is 0 Å². The normalized spacial score (nSPS) is 14.7. The summed E-state index contributed by atoms with van der Waals surface area (Å²) in [5.74, 6) is 0. The van der Waals surface area contributed by atoms with E-state index in [0.29, 0.717) is 13.2 Å². The van der Waals surface area contributed by atoms with Crippen LogP contribution >= 0.6 is 0 Å². The largest absolute Gasteiger partial charge is 0.383 e. The van der Waals surface area contributed by atoms with E-state index < -0.39 is 0 Å². The fraction of sp³-hybridized carbons (Fsp3) is 0.643. The Labute approximate surface area is 110 Å². The summed E-state index contributed by atoms with van der Waals surface area (Å²) in [6.07, 6.45) is 2.80. The molecule has 1 unspecified atom stereocenters. The Morgan fingerprint density at radius 1 is 1.39 bits per heavy atom. The van der Waals surface area contributed by atoms with Crippen LogP contribution in [0.5, 0.6) is 0 Å². The van der Waals surface area contributed by atoms with Crippen LogP contribution in [0.4, 0.5) is 0 Å². The Hall–Kier alpha value is -0.970. The summed E-state index contributed by atoms with van der Waals surface area (Å²) in [6.45, 7) is 7.31. The van der Waals surface area contributed by atoms with E-state index in [1.807, 2.05) is 24.4 Å². The number of methoxy groups -OCH3 is 1. The molecule has 4 heteroatoms. The van der Waals surface area contributed by atoms with Crippen molar-refractivity contribution < 1.29 is 4.74 Å². The monoisotopic (exact) mass is 251 g/mol. The summed E-state index contributed by atoms with van der Waals surface area (Å²) >= 11 is 0. The minimum absolute atomic E-state index is 0.0962. The van der Waals surface area contributed by atoms with E-state index in [1.165, 1.54) is 0 Å². The van der Waals surface area contributed by atoms with E-state index in [0.717, 1.165) is 25.2 Å². The predicted molar refractivity (Wildman–Crippen MR) is 74.3 cm³/mol. The van der Waals surface area contributed by atoms with Crippen molar-refractivity contribution in [1.82, 2.24) is 9.88 Å². The number of likely N-dealkylation sites (N-methyl/N-ethyl adjacent to an activating group) is 1. The molecule has 0 bridgehead atoms. The van der Waals surface area contributed by atoms with Crippen LogP contribution in [-0.2, 0) is 11.3 Å². The molecular formula is C14H25N3O. The molecule has 1 rings (SSSR count). The van der Waals surface area contributed by atoms with Crippen LogP contribution in [0, 0.1) is 0 Å². The maximum Gasteiger partial charge on any atom is 0.0659 e. The van der Waals surface area contributed by atoms with Crippen molar-refractivity contribution in [3.63, 3.8) is 0 Å². The Kier molecular flexibility index (Phi) is 6.25. The molecule has 0 aromatic carbocycles. The van der Waals surface area contributed by atoms with E-state index in [-0.39, 0.29) is 5.54 Å². The van der Waals surface area contributed by atoms with Gasteiger partial charge < -0.3 is 10.5 Å². The number of nitrogens with zero attached hydrogens (tertiary/aromatic N) is 2. The maximum absolute atomic E-state index is 5.99. The SMILES string of the molecule is CCN(Cc1ccccn1)C(CC)(CN)COC. The Bertz CT molecular complexity index is 325. The van der Waals surface area contributed by atoms with E-state index in [4.69, 9.17) is 10.5 Å². The van der Waals surface area contributed by atoms with Crippen molar-refractivity contribution in [1.29, 1.82) is 0 Å². The molecule has 0 aliphatic rings. The molecule has 1 aromatic rings. The van der Waals surface area contributed by atoms with Crippen molar-refractivity contribution in [2.24, 2.45) is 5.73 Å². The average Bonchev–Trinajstić information content (AvgIpc) is 2.44. The molecule has 0 spiro atoms. The van der Waals surface area contributed by atoms with Crippen LogP contribution < -0.4 is 5.73 Å². The van der Waals surface area contributed by atoms with Crippen molar-refractivity contribution >= 4 is 0 Å². The molecule has 1 heterocycles. The Balaban J connectivity index is 2.85. The highest BCUT2D eigenvalue weighted by molar-refractivity contribution is 5.05. The second-order valence-corrected chi connectivity index (χ2v) is 4.55. The van der Waals surface area contributed by atoms with Crippen molar-refractivity contribution in [3.8, 4) is 0 Å². The first kappa shape index (κ1) is 15.1. The Morgan fingerprint density at radius 2 is 2.17 bits per heavy atom. The smallest absolute Gasteiger partial charge is 0.0659 e. The number of rotatable bonds is 8. The third-order valence-electron chi connectivity index (χ3n) is 3.58. The zero-order valence-electron chi connectivity index (χ0n) is 11.7. The molecule has 1 aromatic heterocycles. The minimum Gasteiger partial charge on any atom is -0.383 e. The summed E-state index contributed by atoms with van der Waals surface area (Å²) in [5.41, 5.74) is 6.97. The lowest BCUT2D eigenvalue weighted by atomic mass is 9.94. The van der Waals surface area contributed by atoms with Gasteiger partial charge in [0.05, 0.1) is 17.8 Å². The fourth-order valence-electron chi connectivity index (χ4n) is 2.32. The number of aromatic nitrogens is 1. The number of hydrogen-bond acceptors (Lipinski definition) is 4. The molecule has 0 aliphatic heterocycles. The summed E-state index contributed by atoms with van der Waals surface area (Å²) < 4.78 is 5.37. The lowest BCUT2D eigenvalue weighted by molar-refractivity contribution is 0.00890. The van der Waals surface area contributed by atoms with Crippen LogP contribution in [-0.4, -0.2) is 42.2 Å². The second-order valence-electron chi connectivity index (χ2n) is 4.55. The highest BCUT2D eigenvalue weighted by Crippen LogP contribution is 2.21. The second kappa shape index (κ2) is 7.46. The van der Waals surface area contributed by atoms with Gasteiger partial charge in [0.15, 0.2) is 0 Å². The first-order chi connectivity index (χ1) is 8.72. The summed E-state index contributed by atoms with van der Waals surface area (Å²) in [4.78, 5) is 6.75. The van der Waals surface area contributed by atoms with Gasteiger partial charge >= 0.3 is 0 Å². The van der Waals surface area contributed by atoms with Crippen LogP contribution in [0.3, 0.4) is 0 Å². The van der Waals surface area contributed by atoms with Gasteiger partial charge in [-0.2, -0.15) is 0 Å². The molecule has 0 amide bonds. The van der Waals surface area contributed by atoms with Gasteiger partial charge in [0.1, 0.15) is 0 Å². The van der Waals surface area contributed by atoms with Gasteiger partial charge in [-0.05, 0) is 25.1 Å². The number of nitrogens with two attached hydrogens (primary N) is 1. The molecule has 4 nitrogen and oxygen atoms in total. The third kappa shape index (κ3) is 3.51. The molecule has 0 radical (unpaired) electrons. The summed E-state index contributed by atoms with van der Waals surface area (Å²) in [6, 6.07) is 6.00. The van der Waals surface area contributed by atoms with Gasteiger partial charge in [0, 0.05) is 26.4 Å². The zero-order valence-corrected chi connectivity index (χ0v) is 11.7. The summed E-state index contributed by atoms with van der Waals surface area (Å²) in [7, 11) is 1.73.